The smallest absolute Gasteiger partial charge is 0.256 e. The highest BCUT2D eigenvalue weighted by atomic mass is 32.2. The number of carbonyl (C=O) groups excluding carboxylic acids is 1. The lowest BCUT2D eigenvalue weighted by Crippen LogP contribution is -2.13. The summed E-state index contributed by atoms with van der Waals surface area (Å²) in [6, 6.07) is 7.46. The van der Waals surface area contributed by atoms with E-state index in [-0.39, 0.29) is 22.0 Å². The molecule has 1 heterocycles. The van der Waals surface area contributed by atoms with Crippen molar-refractivity contribution in [2.75, 3.05) is 11.1 Å². The van der Waals surface area contributed by atoms with E-state index in [1.807, 2.05) is 0 Å². The van der Waals surface area contributed by atoms with Crippen molar-refractivity contribution in [1.82, 2.24) is 5.16 Å². The molecule has 6 nitrogen and oxygen atoms in total. The van der Waals surface area contributed by atoms with Crippen molar-refractivity contribution >= 4 is 21.6 Å². The van der Waals surface area contributed by atoms with Gasteiger partial charge in [-0.2, -0.15) is 0 Å². The van der Waals surface area contributed by atoms with Crippen LogP contribution in [-0.2, 0) is 9.84 Å². The largest absolute Gasteiger partial charge is 0.360 e. The van der Waals surface area contributed by atoms with Crippen LogP contribution in [0.4, 0.5) is 5.82 Å². The Hall–Kier alpha value is -2.15. The van der Waals surface area contributed by atoms with E-state index in [1.54, 1.807) is 19.9 Å². The summed E-state index contributed by atoms with van der Waals surface area (Å²) in [5, 5.41) is 6.18. The average molecular weight is 294 g/mol. The molecule has 1 N–H and O–H groups in total. The van der Waals surface area contributed by atoms with Crippen molar-refractivity contribution in [3.05, 3.63) is 41.7 Å². The molecule has 0 aliphatic heterocycles. The van der Waals surface area contributed by atoms with E-state index in [0.29, 0.717) is 5.76 Å². The molecular formula is C13H14N2O4S. The standard InChI is InChI=1S/C13H14N2O4S/c1-3-20(17,18)11-6-4-5-10(8-11)13(16)14-12-7-9(2)19-15-12/h4-8H,3H2,1-2H3,(H,14,15,16). The monoisotopic (exact) mass is 294 g/mol. The van der Waals surface area contributed by atoms with Gasteiger partial charge in [-0.1, -0.05) is 18.1 Å². The summed E-state index contributed by atoms with van der Waals surface area (Å²) < 4.78 is 28.4. The lowest BCUT2D eigenvalue weighted by Gasteiger charge is -2.05. The minimum absolute atomic E-state index is 0.0133. The van der Waals surface area contributed by atoms with E-state index < -0.39 is 15.7 Å². The fraction of sp³-hybridized carbons (Fsp3) is 0.231. The molecule has 0 saturated heterocycles. The van der Waals surface area contributed by atoms with Gasteiger partial charge in [0.25, 0.3) is 5.91 Å². The van der Waals surface area contributed by atoms with E-state index >= 15 is 0 Å². The van der Waals surface area contributed by atoms with E-state index in [2.05, 4.69) is 10.5 Å². The molecule has 0 atom stereocenters. The second kappa shape index (κ2) is 5.46. The van der Waals surface area contributed by atoms with Gasteiger partial charge in [-0.15, -0.1) is 0 Å². The Labute approximate surface area is 116 Å². The second-order valence-corrected chi connectivity index (χ2v) is 6.49. The molecule has 1 aromatic heterocycles. The van der Waals surface area contributed by atoms with Gasteiger partial charge in [0.15, 0.2) is 15.7 Å². The first-order chi connectivity index (χ1) is 9.42. The quantitative estimate of drug-likeness (QED) is 0.932. The van der Waals surface area contributed by atoms with Crippen molar-refractivity contribution in [1.29, 1.82) is 0 Å². The van der Waals surface area contributed by atoms with Gasteiger partial charge in [-0.05, 0) is 25.1 Å². The van der Waals surface area contributed by atoms with E-state index in [0.717, 1.165) is 0 Å². The summed E-state index contributed by atoms with van der Waals surface area (Å²) in [6.45, 7) is 3.26. The molecule has 1 amide bonds. The third-order valence-corrected chi connectivity index (χ3v) is 4.44. The topological polar surface area (TPSA) is 89.3 Å². The zero-order valence-electron chi connectivity index (χ0n) is 11.1. The SMILES string of the molecule is CCS(=O)(=O)c1cccc(C(=O)Nc2cc(C)on2)c1. The Morgan fingerprint density at radius 3 is 2.70 bits per heavy atom. The van der Waals surface area contributed by atoms with Crippen molar-refractivity contribution in [3.8, 4) is 0 Å². The van der Waals surface area contributed by atoms with Gasteiger partial charge in [-0.3, -0.25) is 4.79 Å². The third kappa shape index (κ3) is 3.05. The lowest BCUT2D eigenvalue weighted by molar-refractivity contribution is 0.102. The summed E-state index contributed by atoms with van der Waals surface area (Å²) in [6.07, 6.45) is 0. The Balaban J connectivity index is 2.25. The maximum absolute atomic E-state index is 12.0. The summed E-state index contributed by atoms with van der Waals surface area (Å²) in [7, 11) is -3.34. The van der Waals surface area contributed by atoms with Gasteiger partial charge in [0.05, 0.1) is 10.6 Å². The van der Waals surface area contributed by atoms with Crippen LogP contribution in [0.5, 0.6) is 0 Å². The number of hydrogen-bond donors (Lipinski definition) is 1. The van der Waals surface area contributed by atoms with E-state index in [9.17, 15) is 13.2 Å². The van der Waals surface area contributed by atoms with Gasteiger partial charge >= 0.3 is 0 Å². The molecule has 20 heavy (non-hydrogen) atoms. The molecule has 0 unspecified atom stereocenters. The second-order valence-electron chi connectivity index (χ2n) is 4.21. The first-order valence-electron chi connectivity index (χ1n) is 6.00. The van der Waals surface area contributed by atoms with Gasteiger partial charge in [-0.25, -0.2) is 8.42 Å². The van der Waals surface area contributed by atoms with Gasteiger partial charge in [0, 0.05) is 11.6 Å². The van der Waals surface area contributed by atoms with Crippen LogP contribution in [0.2, 0.25) is 0 Å². The Bertz CT molecular complexity index is 734. The zero-order valence-corrected chi connectivity index (χ0v) is 11.9. The van der Waals surface area contributed by atoms with Crippen LogP contribution in [0.25, 0.3) is 0 Å². The Kier molecular flexibility index (Phi) is 3.89. The Morgan fingerprint density at radius 2 is 2.10 bits per heavy atom. The van der Waals surface area contributed by atoms with Crippen molar-refractivity contribution < 1.29 is 17.7 Å². The fourth-order valence-electron chi connectivity index (χ4n) is 1.61. The maximum atomic E-state index is 12.0. The molecule has 0 bridgehead atoms. The first-order valence-corrected chi connectivity index (χ1v) is 7.65. The average Bonchev–Trinajstić information content (AvgIpc) is 2.84. The van der Waals surface area contributed by atoms with Gasteiger partial charge < -0.3 is 9.84 Å². The number of benzene rings is 1. The Morgan fingerprint density at radius 1 is 1.35 bits per heavy atom. The maximum Gasteiger partial charge on any atom is 0.256 e. The number of aryl methyl sites for hydroxylation is 1. The van der Waals surface area contributed by atoms with Crippen molar-refractivity contribution in [2.45, 2.75) is 18.7 Å². The van der Waals surface area contributed by atoms with E-state index in [1.165, 1.54) is 24.3 Å². The predicted octanol–water partition coefficient (Wildman–Crippen LogP) is 2.03. The molecule has 2 rings (SSSR count). The van der Waals surface area contributed by atoms with Gasteiger partial charge in [0.1, 0.15) is 5.76 Å². The van der Waals surface area contributed by atoms with Crippen LogP contribution in [0.15, 0.2) is 39.8 Å². The number of rotatable bonds is 4. The number of aromatic nitrogens is 1. The van der Waals surface area contributed by atoms with Crippen LogP contribution in [0.1, 0.15) is 23.0 Å². The number of nitrogens with zero attached hydrogens (tertiary/aromatic N) is 1. The van der Waals surface area contributed by atoms with Crippen molar-refractivity contribution in [3.63, 3.8) is 0 Å². The first kappa shape index (κ1) is 14.3. The molecule has 0 aliphatic carbocycles. The molecule has 0 radical (unpaired) electrons. The predicted molar refractivity (Wildman–Crippen MR) is 73.4 cm³/mol. The number of amides is 1. The summed E-state index contributed by atoms with van der Waals surface area (Å²) in [4.78, 5) is 12.1. The lowest BCUT2D eigenvalue weighted by atomic mass is 10.2. The number of anilines is 1. The number of hydrogen-bond acceptors (Lipinski definition) is 5. The third-order valence-electron chi connectivity index (χ3n) is 2.70. The summed E-state index contributed by atoms with van der Waals surface area (Å²) in [5.74, 6) is 0.408. The molecule has 0 spiro atoms. The number of sulfone groups is 1. The number of nitrogens with one attached hydrogen (secondary N) is 1. The molecule has 1 aromatic carbocycles. The number of carbonyl (C=O) groups is 1. The van der Waals surface area contributed by atoms with Crippen LogP contribution in [0, 0.1) is 6.92 Å². The highest BCUT2D eigenvalue weighted by Gasteiger charge is 2.15. The fourth-order valence-corrected chi connectivity index (χ4v) is 2.54. The summed E-state index contributed by atoms with van der Waals surface area (Å²) in [5.41, 5.74) is 0.250. The van der Waals surface area contributed by atoms with E-state index in [4.69, 9.17) is 4.52 Å². The van der Waals surface area contributed by atoms with Gasteiger partial charge in [0.2, 0.25) is 0 Å². The van der Waals surface area contributed by atoms with Crippen LogP contribution >= 0.6 is 0 Å². The van der Waals surface area contributed by atoms with Crippen LogP contribution < -0.4 is 5.32 Å². The zero-order chi connectivity index (χ0) is 14.8. The molecular weight excluding hydrogens is 280 g/mol. The van der Waals surface area contributed by atoms with Crippen molar-refractivity contribution in [2.24, 2.45) is 0 Å². The minimum Gasteiger partial charge on any atom is -0.360 e. The summed E-state index contributed by atoms with van der Waals surface area (Å²) >= 11 is 0. The van der Waals surface area contributed by atoms with Crippen LogP contribution in [0.3, 0.4) is 0 Å². The molecule has 7 heteroatoms. The molecule has 0 aliphatic rings. The normalized spacial score (nSPS) is 11.3. The molecule has 106 valence electrons. The highest BCUT2D eigenvalue weighted by molar-refractivity contribution is 7.91. The molecule has 0 saturated carbocycles. The molecule has 0 fully saturated rings. The molecule has 2 aromatic rings. The highest BCUT2D eigenvalue weighted by Crippen LogP contribution is 2.15. The minimum atomic E-state index is -3.34. The van der Waals surface area contributed by atoms with Crippen LogP contribution in [-0.4, -0.2) is 25.2 Å².